The third-order valence-electron chi connectivity index (χ3n) is 3.85. The van der Waals surface area contributed by atoms with Crippen molar-refractivity contribution in [1.82, 2.24) is 10.6 Å². The Morgan fingerprint density at radius 2 is 2.26 bits per heavy atom. The summed E-state index contributed by atoms with van der Waals surface area (Å²) in [4.78, 5) is 12.0. The minimum atomic E-state index is -0.0180. The Kier molecular flexibility index (Phi) is 4.15. The highest BCUT2D eigenvalue weighted by molar-refractivity contribution is 8.01. The topological polar surface area (TPSA) is 41.1 Å². The molecule has 5 heteroatoms. The zero-order valence-corrected chi connectivity index (χ0v) is 12.8. The van der Waals surface area contributed by atoms with Crippen molar-refractivity contribution in [3.05, 3.63) is 17.0 Å². The van der Waals surface area contributed by atoms with Gasteiger partial charge in [0.2, 0.25) is 5.91 Å². The van der Waals surface area contributed by atoms with Gasteiger partial charge in [0, 0.05) is 17.8 Å². The molecule has 0 spiro atoms. The summed E-state index contributed by atoms with van der Waals surface area (Å²) in [6.45, 7) is 3.10. The predicted molar refractivity (Wildman–Crippen MR) is 80.8 cm³/mol. The fourth-order valence-corrected chi connectivity index (χ4v) is 5.42. The number of nitrogens with one attached hydrogen (secondary N) is 2. The number of hydrogen-bond donors (Lipinski definition) is 2. The van der Waals surface area contributed by atoms with Gasteiger partial charge in [0.05, 0.1) is 10.3 Å². The molecule has 3 atom stereocenters. The maximum Gasteiger partial charge on any atom is 0.237 e. The zero-order chi connectivity index (χ0) is 13.2. The van der Waals surface area contributed by atoms with Crippen LogP contribution >= 0.6 is 23.1 Å². The van der Waals surface area contributed by atoms with Crippen LogP contribution in [-0.4, -0.2) is 23.7 Å². The van der Waals surface area contributed by atoms with Gasteiger partial charge in [-0.25, -0.2) is 0 Å². The highest BCUT2D eigenvalue weighted by atomic mass is 32.2. The van der Waals surface area contributed by atoms with Crippen molar-refractivity contribution in [2.24, 2.45) is 0 Å². The Labute approximate surface area is 122 Å². The highest BCUT2D eigenvalue weighted by Crippen LogP contribution is 2.43. The number of fused-ring (bicyclic) bond motifs is 1. The maximum absolute atomic E-state index is 12.0. The average molecular weight is 296 g/mol. The van der Waals surface area contributed by atoms with Gasteiger partial charge in [0.1, 0.15) is 0 Å². The van der Waals surface area contributed by atoms with E-state index < -0.39 is 0 Å². The molecule has 19 heavy (non-hydrogen) atoms. The molecule has 1 amide bonds. The summed E-state index contributed by atoms with van der Waals surface area (Å²) < 4.78 is 1.42. The molecule has 0 aliphatic carbocycles. The van der Waals surface area contributed by atoms with Gasteiger partial charge in [0.25, 0.3) is 0 Å². The van der Waals surface area contributed by atoms with Crippen molar-refractivity contribution in [2.45, 2.75) is 54.1 Å². The molecule has 1 saturated heterocycles. The molecular weight excluding hydrogens is 276 g/mol. The number of hydrogen-bond acceptors (Lipinski definition) is 4. The van der Waals surface area contributed by atoms with E-state index in [1.807, 2.05) is 23.1 Å². The molecule has 0 radical (unpaired) electrons. The summed E-state index contributed by atoms with van der Waals surface area (Å²) >= 11 is 3.79. The second kappa shape index (κ2) is 5.85. The van der Waals surface area contributed by atoms with E-state index in [0.717, 1.165) is 32.2 Å². The molecule has 2 aliphatic heterocycles. The summed E-state index contributed by atoms with van der Waals surface area (Å²) in [5.41, 5.74) is 1.39. The average Bonchev–Trinajstić information content (AvgIpc) is 2.75. The highest BCUT2D eigenvalue weighted by Gasteiger charge is 2.30. The van der Waals surface area contributed by atoms with Gasteiger partial charge in [-0.15, -0.1) is 23.1 Å². The van der Waals surface area contributed by atoms with Gasteiger partial charge < -0.3 is 5.32 Å². The van der Waals surface area contributed by atoms with E-state index in [2.05, 4.69) is 29.0 Å². The summed E-state index contributed by atoms with van der Waals surface area (Å²) in [7, 11) is 0. The first-order valence-corrected chi connectivity index (χ1v) is 8.78. The molecule has 3 rings (SSSR count). The van der Waals surface area contributed by atoms with Crippen LogP contribution in [0, 0.1) is 0 Å². The maximum atomic E-state index is 12.0. The van der Waals surface area contributed by atoms with Crippen LogP contribution in [-0.2, 0) is 4.79 Å². The summed E-state index contributed by atoms with van der Waals surface area (Å²) in [6, 6.07) is 2.53. The van der Waals surface area contributed by atoms with Crippen molar-refractivity contribution in [1.29, 1.82) is 0 Å². The van der Waals surface area contributed by atoms with E-state index in [1.165, 1.54) is 9.77 Å². The molecule has 0 aromatic carbocycles. The SMILES string of the molecule is C[C@H]1CC(NC2CCCCNC2=O)c2ccsc2S1. The predicted octanol–water partition coefficient (Wildman–Crippen LogP) is 2.93. The number of thioether (sulfide) groups is 1. The monoisotopic (exact) mass is 296 g/mol. The molecule has 104 valence electrons. The van der Waals surface area contributed by atoms with E-state index in [-0.39, 0.29) is 11.9 Å². The van der Waals surface area contributed by atoms with Gasteiger partial charge in [-0.3, -0.25) is 10.1 Å². The van der Waals surface area contributed by atoms with Gasteiger partial charge in [-0.2, -0.15) is 0 Å². The van der Waals surface area contributed by atoms with E-state index in [0.29, 0.717) is 11.3 Å². The van der Waals surface area contributed by atoms with E-state index >= 15 is 0 Å². The second-order valence-electron chi connectivity index (χ2n) is 5.39. The molecule has 3 nitrogen and oxygen atoms in total. The summed E-state index contributed by atoms with van der Waals surface area (Å²) in [6.07, 6.45) is 4.30. The molecule has 3 heterocycles. The Hall–Kier alpha value is -0.520. The Morgan fingerprint density at radius 3 is 3.16 bits per heavy atom. The minimum Gasteiger partial charge on any atom is -0.355 e. The van der Waals surface area contributed by atoms with Crippen LogP contribution in [0.25, 0.3) is 0 Å². The lowest BCUT2D eigenvalue weighted by molar-refractivity contribution is -0.123. The number of rotatable bonds is 2. The Bertz CT molecular complexity index is 460. The van der Waals surface area contributed by atoms with Crippen LogP contribution in [0.1, 0.15) is 44.2 Å². The van der Waals surface area contributed by atoms with Crippen molar-refractivity contribution in [3.63, 3.8) is 0 Å². The fourth-order valence-electron chi connectivity index (χ4n) is 2.85. The third-order valence-corrected chi connectivity index (χ3v) is 6.19. The molecule has 1 aromatic heterocycles. The van der Waals surface area contributed by atoms with Crippen LogP contribution < -0.4 is 10.6 Å². The van der Waals surface area contributed by atoms with Crippen LogP contribution in [0.15, 0.2) is 15.7 Å². The molecule has 1 fully saturated rings. The molecule has 1 aromatic rings. The fraction of sp³-hybridized carbons (Fsp3) is 0.643. The largest absolute Gasteiger partial charge is 0.355 e. The quantitative estimate of drug-likeness (QED) is 0.881. The molecule has 0 bridgehead atoms. The lowest BCUT2D eigenvalue weighted by Crippen LogP contribution is -2.45. The molecule has 2 aliphatic rings. The Balaban J connectivity index is 1.74. The second-order valence-corrected chi connectivity index (χ2v) is 8.01. The van der Waals surface area contributed by atoms with Crippen LogP contribution in [0.4, 0.5) is 0 Å². The van der Waals surface area contributed by atoms with Gasteiger partial charge in [-0.1, -0.05) is 6.92 Å². The van der Waals surface area contributed by atoms with Gasteiger partial charge in [-0.05, 0) is 42.7 Å². The molecule has 2 unspecified atom stereocenters. The number of carbonyl (C=O) groups is 1. The van der Waals surface area contributed by atoms with Crippen molar-refractivity contribution < 1.29 is 4.79 Å². The van der Waals surface area contributed by atoms with Crippen molar-refractivity contribution in [3.8, 4) is 0 Å². The zero-order valence-electron chi connectivity index (χ0n) is 11.1. The summed E-state index contributed by atoms with van der Waals surface area (Å²) in [5, 5.41) is 9.40. The molecule has 2 N–H and O–H groups in total. The lowest BCUT2D eigenvalue weighted by Gasteiger charge is -2.30. The minimum absolute atomic E-state index is 0.0180. The number of amides is 1. The smallest absolute Gasteiger partial charge is 0.237 e. The van der Waals surface area contributed by atoms with E-state index in [1.54, 1.807) is 0 Å². The van der Waals surface area contributed by atoms with Crippen LogP contribution in [0.3, 0.4) is 0 Å². The van der Waals surface area contributed by atoms with Crippen LogP contribution in [0.2, 0.25) is 0 Å². The van der Waals surface area contributed by atoms with E-state index in [9.17, 15) is 4.79 Å². The lowest BCUT2D eigenvalue weighted by atomic mass is 10.0. The van der Waals surface area contributed by atoms with Crippen LogP contribution in [0.5, 0.6) is 0 Å². The number of carbonyl (C=O) groups excluding carboxylic acids is 1. The van der Waals surface area contributed by atoms with Gasteiger partial charge in [0.15, 0.2) is 0 Å². The van der Waals surface area contributed by atoms with Crippen molar-refractivity contribution >= 4 is 29.0 Å². The normalized spacial score (nSPS) is 31.4. The summed E-state index contributed by atoms with van der Waals surface area (Å²) in [5.74, 6) is 0.181. The Morgan fingerprint density at radius 1 is 1.37 bits per heavy atom. The van der Waals surface area contributed by atoms with Gasteiger partial charge >= 0.3 is 0 Å². The molecule has 0 saturated carbocycles. The van der Waals surface area contributed by atoms with E-state index in [4.69, 9.17) is 0 Å². The first-order chi connectivity index (χ1) is 9.24. The third kappa shape index (κ3) is 2.98. The first kappa shape index (κ1) is 13.5. The molecular formula is C14H20N2OS2. The standard InChI is InChI=1S/C14H20N2OS2/c1-9-8-12(10-5-7-18-14(10)19-9)16-11-4-2-3-6-15-13(11)17/h5,7,9,11-12,16H,2-4,6,8H2,1H3,(H,15,17)/t9-,11?,12?/m0/s1. The van der Waals surface area contributed by atoms with Crippen molar-refractivity contribution in [2.75, 3.05) is 6.54 Å². The number of thiophene rings is 1. The first-order valence-electron chi connectivity index (χ1n) is 7.02.